The molecule has 2 heterocycles. The first-order chi connectivity index (χ1) is 14.0. The molecule has 2 atom stereocenters. The molecule has 146 valence electrons. The number of benzene rings is 1. The number of pyridine rings is 2. The first-order valence-electron chi connectivity index (χ1n) is 9.18. The highest BCUT2D eigenvalue weighted by atomic mass is 79.9. The molecule has 2 N–H and O–H groups in total. The predicted octanol–water partition coefficient (Wildman–Crippen LogP) is 3.56. The molecule has 1 amide bonds. The fraction of sp³-hybridized carbons (Fsp3) is 0.182. The average Bonchev–Trinajstić information content (AvgIpc) is 3.15. The Labute approximate surface area is 176 Å². The van der Waals surface area contributed by atoms with Gasteiger partial charge in [-0.1, -0.05) is 18.2 Å². The fourth-order valence-electron chi connectivity index (χ4n) is 3.62. The van der Waals surface area contributed by atoms with E-state index in [4.69, 9.17) is 0 Å². The number of hydrogen-bond acceptors (Lipinski definition) is 4. The number of nitrogens with zero attached hydrogens (tertiary/aromatic N) is 2. The summed E-state index contributed by atoms with van der Waals surface area (Å²) in [6.45, 7) is 0. The maximum atomic E-state index is 12.8. The fourth-order valence-corrected chi connectivity index (χ4v) is 4.00. The molecule has 4 rings (SSSR count). The van der Waals surface area contributed by atoms with E-state index in [9.17, 15) is 14.7 Å². The molecular formula is C22H18BrN3O3. The van der Waals surface area contributed by atoms with Gasteiger partial charge in [-0.3, -0.25) is 14.8 Å². The number of rotatable bonds is 5. The van der Waals surface area contributed by atoms with Gasteiger partial charge in [-0.15, -0.1) is 0 Å². The summed E-state index contributed by atoms with van der Waals surface area (Å²) in [5.41, 5.74) is 4.23. The number of fused-ring (bicyclic) bond motifs is 1. The third-order valence-electron chi connectivity index (χ3n) is 5.07. The maximum absolute atomic E-state index is 12.8. The van der Waals surface area contributed by atoms with Crippen LogP contribution in [-0.4, -0.2) is 27.0 Å². The van der Waals surface area contributed by atoms with Crippen molar-refractivity contribution in [3.8, 4) is 11.1 Å². The number of carbonyl (C=O) groups is 2. The standard InChI is InChI=1S/C22H18BrN3O3/c23-18-10-16-9-17(11-19(16)25-12-18)21(27)26-20(22(28)29)15-3-1-2-14(8-15)13-4-6-24-7-5-13/h1-8,10,12,17,20H,9,11H2,(H,26,27)(H,28,29). The molecule has 0 radical (unpaired) electrons. The van der Waals surface area contributed by atoms with Gasteiger partial charge in [0.05, 0.1) is 0 Å². The van der Waals surface area contributed by atoms with Crippen LogP contribution in [-0.2, 0) is 22.4 Å². The molecule has 7 heteroatoms. The lowest BCUT2D eigenvalue weighted by atomic mass is 9.99. The van der Waals surface area contributed by atoms with Crippen LogP contribution in [0.1, 0.15) is 22.9 Å². The Morgan fingerprint density at radius 3 is 2.66 bits per heavy atom. The van der Waals surface area contributed by atoms with Gasteiger partial charge < -0.3 is 10.4 Å². The largest absolute Gasteiger partial charge is 0.479 e. The molecule has 2 unspecified atom stereocenters. The zero-order valence-electron chi connectivity index (χ0n) is 15.4. The molecule has 2 aromatic heterocycles. The van der Waals surface area contributed by atoms with Gasteiger partial charge in [-0.05, 0) is 68.9 Å². The summed E-state index contributed by atoms with van der Waals surface area (Å²) in [4.78, 5) is 33.1. The molecule has 0 aliphatic heterocycles. The van der Waals surface area contributed by atoms with Crippen molar-refractivity contribution in [1.29, 1.82) is 0 Å². The molecule has 0 spiro atoms. The van der Waals surface area contributed by atoms with Crippen molar-refractivity contribution >= 4 is 27.8 Å². The van der Waals surface area contributed by atoms with Crippen molar-refractivity contribution in [1.82, 2.24) is 15.3 Å². The van der Waals surface area contributed by atoms with Crippen LogP contribution >= 0.6 is 15.9 Å². The molecule has 3 aromatic rings. The Kier molecular flexibility index (Phi) is 5.40. The number of hydrogen-bond donors (Lipinski definition) is 2. The van der Waals surface area contributed by atoms with E-state index in [1.807, 2.05) is 24.3 Å². The zero-order chi connectivity index (χ0) is 20.4. The van der Waals surface area contributed by atoms with Crippen LogP contribution in [0.3, 0.4) is 0 Å². The highest BCUT2D eigenvalue weighted by Gasteiger charge is 2.32. The van der Waals surface area contributed by atoms with E-state index in [1.54, 1.807) is 36.8 Å². The Hall–Kier alpha value is -3.06. The highest BCUT2D eigenvalue weighted by Crippen LogP contribution is 2.29. The average molecular weight is 452 g/mol. The van der Waals surface area contributed by atoms with Crippen LogP contribution in [0.4, 0.5) is 0 Å². The smallest absolute Gasteiger partial charge is 0.330 e. The monoisotopic (exact) mass is 451 g/mol. The summed E-state index contributed by atoms with van der Waals surface area (Å²) in [6, 6.07) is 11.7. The van der Waals surface area contributed by atoms with E-state index in [2.05, 4.69) is 31.2 Å². The van der Waals surface area contributed by atoms with Crippen LogP contribution in [0.5, 0.6) is 0 Å². The number of aromatic nitrogens is 2. The zero-order valence-corrected chi connectivity index (χ0v) is 17.0. The number of halogens is 1. The van der Waals surface area contributed by atoms with Gasteiger partial charge in [0.1, 0.15) is 0 Å². The van der Waals surface area contributed by atoms with E-state index < -0.39 is 12.0 Å². The second kappa shape index (κ2) is 8.13. The minimum absolute atomic E-state index is 0.277. The van der Waals surface area contributed by atoms with Gasteiger partial charge in [0, 0.05) is 41.1 Å². The van der Waals surface area contributed by atoms with E-state index in [0.29, 0.717) is 18.4 Å². The maximum Gasteiger partial charge on any atom is 0.330 e. The predicted molar refractivity (Wildman–Crippen MR) is 111 cm³/mol. The second-order valence-corrected chi connectivity index (χ2v) is 7.92. The summed E-state index contributed by atoms with van der Waals surface area (Å²) in [5.74, 6) is -1.69. The van der Waals surface area contributed by atoms with Gasteiger partial charge in [-0.2, -0.15) is 0 Å². The van der Waals surface area contributed by atoms with Crippen LogP contribution in [0, 0.1) is 5.92 Å². The third kappa shape index (κ3) is 4.19. The van der Waals surface area contributed by atoms with Crippen LogP contribution in [0.2, 0.25) is 0 Å². The van der Waals surface area contributed by atoms with Crippen molar-refractivity contribution in [3.63, 3.8) is 0 Å². The Morgan fingerprint density at radius 2 is 1.90 bits per heavy atom. The van der Waals surface area contributed by atoms with Gasteiger partial charge in [0.2, 0.25) is 5.91 Å². The second-order valence-electron chi connectivity index (χ2n) is 7.01. The Bertz CT molecular complexity index is 1070. The third-order valence-corrected chi connectivity index (χ3v) is 5.50. The van der Waals surface area contributed by atoms with Crippen molar-refractivity contribution in [2.45, 2.75) is 18.9 Å². The molecule has 1 aliphatic carbocycles. The molecule has 6 nitrogen and oxygen atoms in total. The van der Waals surface area contributed by atoms with Crippen molar-refractivity contribution in [2.75, 3.05) is 0 Å². The number of carboxylic acids is 1. The molecule has 0 saturated carbocycles. The molecule has 0 fully saturated rings. The minimum Gasteiger partial charge on any atom is -0.479 e. The number of aliphatic carboxylic acids is 1. The topological polar surface area (TPSA) is 92.2 Å². The number of carboxylic acid groups (broad SMARTS) is 1. The van der Waals surface area contributed by atoms with Crippen molar-refractivity contribution in [3.05, 3.63) is 82.3 Å². The van der Waals surface area contributed by atoms with Gasteiger partial charge >= 0.3 is 5.97 Å². The van der Waals surface area contributed by atoms with E-state index >= 15 is 0 Å². The van der Waals surface area contributed by atoms with Crippen molar-refractivity contribution < 1.29 is 14.7 Å². The van der Waals surface area contributed by atoms with Gasteiger partial charge in [0.15, 0.2) is 6.04 Å². The Balaban J connectivity index is 1.53. The first-order valence-corrected chi connectivity index (χ1v) is 9.97. The van der Waals surface area contributed by atoms with E-state index in [-0.39, 0.29) is 11.8 Å². The molecule has 1 aromatic carbocycles. The Morgan fingerprint density at radius 1 is 1.10 bits per heavy atom. The number of amides is 1. The number of nitrogens with one attached hydrogen (secondary N) is 1. The summed E-state index contributed by atoms with van der Waals surface area (Å²) >= 11 is 3.39. The molecule has 1 aliphatic rings. The first kappa shape index (κ1) is 19.3. The minimum atomic E-state index is -1.12. The summed E-state index contributed by atoms with van der Waals surface area (Å²) in [6.07, 6.45) is 6.14. The van der Waals surface area contributed by atoms with Crippen LogP contribution in [0.25, 0.3) is 11.1 Å². The molecule has 0 bridgehead atoms. The molecule has 29 heavy (non-hydrogen) atoms. The lowest BCUT2D eigenvalue weighted by molar-refractivity contribution is -0.142. The van der Waals surface area contributed by atoms with E-state index in [0.717, 1.165) is 26.9 Å². The van der Waals surface area contributed by atoms with Gasteiger partial charge in [0.25, 0.3) is 0 Å². The highest BCUT2D eigenvalue weighted by molar-refractivity contribution is 9.10. The summed E-state index contributed by atoms with van der Waals surface area (Å²) in [5, 5.41) is 12.5. The van der Waals surface area contributed by atoms with Crippen molar-refractivity contribution in [2.24, 2.45) is 5.92 Å². The van der Waals surface area contributed by atoms with Crippen LogP contribution in [0.15, 0.2) is 65.5 Å². The van der Waals surface area contributed by atoms with Crippen LogP contribution < -0.4 is 5.32 Å². The molecular weight excluding hydrogens is 434 g/mol. The van der Waals surface area contributed by atoms with E-state index in [1.165, 1.54) is 0 Å². The van der Waals surface area contributed by atoms with Gasteiger partial charge in [-0.25, -0.2) is 4.79 Å². The lowest BCUT2D eigenvalue weighted by Gasteiger charge is -2.18. The quantitative estimate of drug-likeness (QED) is 0.618. The molecule has 0 saturated heterocycles. The summed E-state index contributed by atoms with van der Waals surface area (Å²) in [7, 11) is 0. The summed E-state index contributed by atoms with van der Waals surface area (Å²) < 4.78 is 0.869. The SMILES string of the molecule is O=C(NC(C(=O)O)c1cccc(-c2ccncc2)c1)C1Cc2cc(Br)cnc2C1. The lowest BCUT2D eigenvalue weighted by Crippen LogP contribution is -2.38. The number of carbonyl (C=O) groups excluding carboxylic acids is 1. The normalized spacial score (nSPS) is 16.1.